The van der Waals surface area contributed by atoms with Crippen LogP contribution in [0.5, 0.6) is 11.5 Å². The van der Waals surface area contributed by atoms with Crippen LogP contribution < -0.4 is 9.47 Å². The van der Waals surface area contributed by atoms with Crippen LogP contribution >= 0.6 is 0 Å². The van der Waals surface area contributed by atoms with Gasteiger partial charge in [0.2, 0.25) is 10.0 Å². The summed E-state index contributed by atoms with van der Waals surface area (Å²) in [6, 6.07) is 2.51. The lowest BCUT2D eigenvalue weighted by Gasteiger charge is -2.49. The van der Waals surface area contributed by atoms with E-state index in [1.165, 1.54) is 24.6 Å². The van der Waals surface area contributed by atoms with E-state index in [1.54, 1.807) is 0 Å². The molecule has 1 N–H and O–H groups in total. The van der Waals surface area contributed by atoms with Gasteiger partial charge in [-0.25, -0.2) is 13.2 Å². The van der Waals surface area contributed by atoms with Crippen LogP contribution in [-0.4, -0.2) is 50.6 Å². The standard InChI is InChI=1S/C16H21NO6S/c1-22-14-8-11(7-12(16(18)19)15(14)23-2)24(20,21)17-9-10-5-3-4-6-13(10)17/h7-8,10,13H,3-6,9H2,1-2H3,(H,18,19)/t10-,13-/m1/s1. The molecule has 1 saturated carbocycles. The van der Waals surface area contributed by atoms with Gasteiger partial charge in [0.05, 0.1) is 19.1 Å². The second-order valence-corrected chi connectivity index (χ2v) is 8.09. The number of carboxylic acid groups (broad SMARTS) is 1. The Morgan fingerprint density at radius 3 is 2.50 bits per heavy atom. The number of benzene rings is 1. The molecule has 0 amide bonds. The van der Waals surface area contributed by atoms with Crippen LogP contribution in [0.25, 0.3) is 0 Å². The monoisotopic (exact) mass is 355 g/mol. The number of sulfonamides is 1. The van der Waals surface area contributed by atoms with Crippen molar-refractivity contribution in [2.75, 3.05) is 20.8 Å². The number of fused-ring (bicyclic) bond motifs is 1. The van der Waals surface area contributed by atoms with Crippen LogP contribution in [0.1, 0.15) is 36.0 Å². The summed E-state index contributed by atoms with van der Waals surface area (Å²) < 4.78 is 37.6. The van der Waals surface area contributed by atoms with E-state index in [-0.39, 0.29) is 28.0 Å². The Balaban J connectivity index is 2.02. The first-order chi connectivity index (χ1) is 11.4. The zero-order chi connectivity index (χ0) is 17.5. The van der Waals surface area contributed by atoms with E-state index in [9.17, 15) is 18.3 Å². The van der Waals surface area contributed by atoms with Crippen LogP contribution in [0.15, 0.2) is 17.0 Å². The van der Waals surface area contributed by atoms with Gasteiger partial charge in [0.15, 0.2) is 11.5 Å². The van der Waals surface area contributed by atoms with Crippen molar-refractivity contribution >= 4 is 16.0 Å². The largest absolute Gasteiger partial charge is 0.493 e. The number of ether oxygens (including phenoxy) is 2. The topological polar surface area (TPSA) is 93.1 Å². The fourth-order valence-corrected chi connectivity index (χ4v) is 5.48. The third-order valence-electron chi connectivity index (χ3n) is 4.94. The molecule has 0 aromatic heterocycles. The highest BCUT2D eigenvalue weighted by molar-refractivity contribution is 7.89. The van der Waals surface area contributed by atoms with Crippen LogP contribution in [0, 0.1) is 5.92 Å². The number of aromatic carboxylic acids is 1. The summed E-state index contributed by atoms with van der Waals surface area (Å²) in [5.41, 5.74) is -0.226. The van der Waals surface area contributed by atoms with Crippen molar-refractivity contribution in [3.05, 3.63) is 17.7 Å². The Labute approximate surface area is 141 Å². The molecule has 2 aliphatic rings. The number of nitrogens with zero attached hydrogens (tertiary/aromatic N) is 1. The van der Waals surface area contributed by atoms with Gasteiger partial charge in [-0.2, -0.15) is 4.31 Å². The molecule has 0 spiro atoms. The first-order valence-corrected chi connectivity index (χ1v) is 9.35. The number of hydrogen-bond donors (Lipinski definition) is 1. The Morgan fingerprint density at radius 2 is 1.92 bits per heavy atom. The van der Waals surface area contributed by atoms with Gasteiger partial charge in [0.25, 0.3) is 0 Å². The van der Waals surface area contributed by atoms with Crippen molar-refractivity contribution in [2.45, 2.75) is 36.6 Å². The fourth-order valence-electron chi connectivity index (χ4n) is 3.67. The van der Waals surface area contributed by atoms with Gasteiger partial charge >= 0.3 is 5.97 Å². The maximum atomic E-state index is 12.9. The molecule has 8 heteroatoms. The summed E-state index contributed by atoms with van der Waals surface area (Å²) in [4.78, 5) is 11.4. The molecule has 1 aliphatic heterocycles. The van der Waals surface area contributed by atoms with Gasteiger partial charge in [-0.15, -0.1) is 0 Å². The average molecular weight is 355 g/mol. The smallest absolute Gasteiger partial charge is 0.339 e. The second kappa shape index (κ2) is 6.25. The lowest BCUT2D eigenvalue weighted by atomic mass is 9.79. The highest BCUT2D eigenvalue weighted by atomic mass is 32.2. The third-order valence-corrected chi connectivity index (χ3v) is 6.81. The van der Waals surface area contributed by atoms with E-state index in [2.05, 4.69) is 0 Å². The minimum absolute atomic E-state index is 0.0168. The summed E-state index contributed by atoms with van der Waals surface area (Å²) in [5, 5.41) is 9.36. The number of methoxy groups -OCH3 is 2. The quantitative estimate of drug-likeness (QED) is 0.868. The van der Waals surface area contributed by atoms with E-state index >= 15 is 0 Å². The van der Waals surface area contributed by atoms with Gasteiger partial charge in [-0.3, -0.25) is 0 Å². The molecule has 7 nitrogen and oxygen atoms in total. The van der Waals surface area contributed by atoms with Crippen molar-refractivity contribution < 1.29 is 27.8 Å². The highest BCUT2D eigenvalue weighted by Gasteiger charge is 2.47. The third kappa shape index (κ3) is 2.63. The van der Waals surface area contributed by atoms with E-state index in [0.29, 0.717) is 12.5 Å². The predicted octanol–water partition coefficient (Wildman–Crippen LogP) is 1.97. The second-order valence-electron chi connectivity index (χ2n) is 6.20. The van der Waals surface area contributed by atoms with E-state index in [1.807, 2.05) is 0 Å². The predicted molar refractivity (Wildman–Crippen MR) is 86.1 cm³/mol. The van der Waals surface area contributed by atoms with Gasteiger partial charge in [-0.05, 0) is 24.8 Å². The molecule has 0 bridgehead atoms. The zero-order valence-electron chi connectivity index (χ0n) is 13.7. The van der Waals surface area contributed by atoms with Gasteiger partial charge < -0.3 is 14.6 Å². The molecule has 0 unspecified atom stereocenters. The maximum absolute atomic E-state index is 12.9. The molecule has 2 atom stereocenters. The maximum Gasteiger partial charge on any atom is 0.339 e. The lowest BCUT2D eigenvalue weighted by Crippen LogP contribution is -2.59. The summed E-state index contributed by atoms with van der Waals surface area (Å²) in [5.74, 6) is -0.728. The molecule has 1 aromatic rings. The minimum Gasteiger partial charge on any atom is -0.493 e. The van der Waals surface area contributed by atoms with Crippen LogP contribution in [0.3, 0.4) is 0 Å². The van der Waals surface area contributed by atoms with E-state index in [0.717, 1.165) is 31.7 Å². The van der Waals surface area contributed by atoms with Crippen LogP contribution in [-0.2, 0) is 10.0 Å². The Bertz CT molecular complexity index is 760. The molecular formula is C16H21NO6S. The van der Waals surface area contributed by atoms with Crippen molar-refractivity contribution in [1.29, 1.82) is 0 Å². The molecule has 2 fully saturated rings. The zero-order valence-corrected chi connectivity index (χ0v) is 14.5. The summed E-state index contributed by atoms with van der Waals surface area (Å²) >= 11 is 0. The van der Waals surface area contributed by atoms with Crippen molar-refractivity contribution in [2.24, 2.45) is 5.92 Å². The average Bonchev–Trinajstić information content (AvgIpc) is 2.54. The molecular weight excluding hydrogens is 334 g/mol. The van der Waals surface area contributed by atoms with Crippen molar-refractivity contribution in [3.8, 4) is 11.5 Å². The molecule has 3 rings (SSSR count). The summed E-state index contributed by atoms with van der Waals surface area (Å²) in [6.07, 6.45) is 4.10. The fraction of sp³-hybridized carbons (Fsp3) is 0.562. The van der Waals surface area contributed by atoms with Crippen LogP contribution in [0.2, 0.25) is 0 Å². The lowest BCUT2D eigenvalue weighted by molar-refractivity contribution is 0.0601. The van der Waals surface area contributed by atoms with Crippen LogP contribution in [0.4, 0.5) is 0 Å². The van der Waals surface area contributed by atoms with Crippen molar-refractivity contribution in [1.82, 2.24) is 4.31 Å². The summed E-state index contributed by atoms with van der Waals surface area (Å²) in [7, 11) is -1.08. The highest BCUT2D eigenvalue weighted by Crippen LogP contribution is 2.42. The Morgan fingerprint density at radius 1 is 1.21 bits per heavy atom. The SMILES string of the molecule is COc1cc(S(=O)(=O)N2C[C@H]3CCCC[C@H]32)cc(C(=O)O)c1OC. The molecule has 132 valence electrons. The van der Waals surface area contributed by atoms with E-state index in [4.69, 9.17) is 9.47 Å². The first kappa shape index (κ1) is 17.0. The summed E-state index contributed by atoms with van der Waals surface area (Å²) in [6.45, 7) is 0.504. The number of rotatable bonds is 5. The molecule has 1 heterocycles. The normalized spacial score (nSPS) is 23.9. The van der Waals surface area contributed by atoms with Gasteiger partial charge in [0.1, 0.15) is 5.56 Å². The molecule has 1 saturated heterocycles. The minimum atomic E-state index is -3.75. The first-order valence-electron chi connectivity index (χ1n) is 7.91. The number of carboxylic acids is 1. The van der Waals surface area contributed by atoms with Crippen molar-refractivity contribution in [3.63, 3.8) is 0 Å². The Kier molecular flexibility index (Phi) is 4.44. The molecule has 24 heavy (non-hydrogen) atoms. The molecule has 1 aromatic carbocycles. The molecule has 0 radical (unpaired) electrons. The Hall–Kier alpha value is -1.80. The van der Waals surface area contributed by atoms with E-state index < -0.39 is 16.0 Å². The number of carbonyl (C=O) groups is 1. The number of hydrogen-bond acceptors (Lipinski definition) is 5. The molecule has 1 aliphatic carbocycles. The van der Waals surface area contributed by atoms with Gasteiger partial charge in [0, 0.05) is 18.7 Å². The van der Waals surface area contributed by atoms with Gasteiger partial charge in [-0.1, -0.05) is 12.8 Å².